The van der Waals surface area contributed by atoms with Crippen molar-refractivity contribution in [2.45, 2.75) is 56.8 Å². The van der Waals surface area contributed by atoms with Crippen LogP contribution in [0.15, 0.2) is 0 Å². The van der Waals surface area contributed by atoms with Crippen LogP contribution in [0.3, 0.4) is 0 Å². The number of nitrogens with one attached hydrogen (secondary N) is 3. The number of aliphatic carboxylic acids is 1. The molecule has 4 atom stereocenters. The summed E-state index contributed by atoms with van der Waals surface area (Å²) in [4.78, 5) is 47.7. The molecule has 0 spiro atoms. The Kier molecular flexibility index (Phi) is 14.0. The Hall–Kier alpha value is -1.89. The summed E-state index contributed by atoms with van der Waals surface area (Å²) in [5, 5.41) is 25.6. The van der Waals surface area contributed by atoms with Gasteiger partial charge in [0.05, 0.1) is 12.6 Å². The largest absolute Gasteiger partial charge is 0.480 e. The van der Waals surface area contributed by atoms with E-state index in [1.807, 2.05) is 6.26 Å². The van der Waals surface area contributed by atoms with E-state index in [1.165, 1.54) is 6.92 Å². The number of thioether (sulfide) groups is 1. The van der Waals surface area contributed by atoms with E-state index in [2.05, 4.69) is 16.0 Å². The Balaban J connectivity index is 4.72. The average Bonchev–Trinajstić information content (AvgIpc) is 2.68. The lowest BCUT2D eigenvalue weighted by molar-refractivity contribution is -0.142. The number of rotatable bonds is 15. The molecule has 0 saturated carbocycles. The number of aliphatic hydroxyl groups excluding tert-OH is 1. The number of amides is 3. The van der Waals surface area contributed by atoms with Gasteiger partial charge in [-0.3, -0.25) is 14.4 Å². The molecule has 29 heavy (non-hydrogen) atoms. The van der Waals surface area contributed by atoms with Crippen LogP contribution >= 0.6 is 11.8 Å². The van der Waals surface area contributed by atoms with Gasteiger partial charge in [-0.05, 0) is 51.2 Å². The Morgan fingerprint density at radius 3 is 2.10 bits per heavy atom. The first-order chi connectivity index (χ1) is 13.7. The monoisotopic (exact) mass is 435 g/mol. The number of aliphatic hydroxyl groups is 1. The molecule has 168 valence electrons. The van der Waals surface area contributed by atoms with Crippen LogP contribution in [0.1, 0.15) is 32.6 Å². The molecule has 0 fully saturated rings. The minimum atomic E-state index is -1.36. The Labute approximate surface area is 174 Å². The highest BCUT2D eigenvalue weighted by Gasteiger charge is 2.28. The number of hydrogen-bond donors (Lipinski definition) is 7. The van der Waals surface area contributed by atoms with Gasteiger partial charge in [-0.1, -0.05) is 0 Å². The predicted octanol–water partition coefficient (Wildman–Crippen LogP) is -2.25. The zero-order valence-corrected chi connectivity index (χ0v) is 17.7. The molecular formula is C17H33N5O6S. The van der Waals surface area contributed by atoms with E-state index in [4.69, 9.17) is 11.5 Å². The lowest BCUT2D eigenvalue weighted by Gasteiger charge is -2.22. The Morgan fingerprint density at radius 2 is 1.59 bits per heavy atom. The fourth-order valence-corrected chi connectivity index (χ4v) is 2.76. The van der Waals surface area contributed by atoms with Crippen LogP contribution in [0, 0.1) is 0 Å². The van der Waals surface area contributed by atoms with Gasteiger partial charge in [0, 0.05) is 0 Å². The highest BCUT2D eigenvalue weighted by molar-refractivity contribution is 7.98. The molecular weight excluding hydrogens is 402 g/mol. The number of carboxylic acid groups (broad SMARTS) is 1. The Bertz CT molecular complexity index is 550. The summed E-state index contributed by atoms with van der Waals surface area (Å²) in [5.74, 6) is -2.58. The van der Waals surface area contributed by atoms with Crippen molar-refractivity contribution in [3.05, 3.63) is 0 Å². The van der Waals surface area contributed by atoms with Crippen molar-refractivity contribution in [1.29, 1.82) is 0 Å². The second-order valence-electron chi connectivity index (χ2n) is 6.55. The van der Waals surface area contributed by atoms with Crippen molar-refractivity contribution < 1.29 is 29.4 Å². The first-order valence-electron chi connectivity index (χ1n) is 9.37. The first kappa shape index (κ1) is 27.1. The molecule has 4 unspecified atom stereocenters. The molecule has 0 aromatic carbocycles. The van der Waals surface area contributed by atoms with Gasteiger partial charge in [-0.2, -0.15) is 11.8 Å². The van der Waals surface area contributed by atoms with Gasteiger partial charge in [-0.25, -0.2) is 4.79 Å². The van der Waals surface area contributed by atoms with Gasteiger partial charge < -0.3 is 37.6 Å². The molecule has 0 saturated heterocycles. The maximum atomic E-state index is 12.2. The zero-order chi connectivity index (χ0) is 22.4. The van der Waals surface area contributed by atoms with Crippen LogP contribution in [-0.2, 0) is 19.2 Å². The van der Waals surface area contributed by atoms with Gasteiger partial charge in [0.1, 0.15) is 18.1 Å². The maximum absolute atomic E-state index is 12.2. The molecule has 3 amide bonds. The molecule has 9 N–H and O–H groups in total. The van der Waals surface area contributed by atoms with E-state index >= 15 is 0 Å². The van der Waals surface area contributed by atoms with Crippen LogP contribution in [0.5, 0.6) is 0 Å². The summed E-state index contributed by atoms with van der Waals surface area (Å²) in [6, 6.07) is -4.28. The molecule has 0 rings (SSSR count). The third-order valence-corrected chi connectivity index (χ3v) is 4.74. The normalized spacial score (nSPS) is 14.9. The second-order valence-corrected chi connectivity index (χ2v) is 7.53. The van der Waals surface area contributed by atoms with Gasteiger partial charge >= 0.3 is 5.97 Å². The summed E-state index contributed by atoms with van der Waals surface area (Å²) in [7, 11) is 0. The standard InChI is InChI=1S/C17H33N5O6S/c1-10(20-15(25)11(19)6-8-29-2)14(24)22-13(9-23)16(26)21-12(17(27)28)5-3-4-7-18/h10-13,23H,3-9,18-19H2,1-2H3,(H,20,25)(H,21,26)(H,22,24)(H,27,28). The highest BCUT2D eigenvalue weighted by Crippen LogP contribution is 2.02. The molecule has 0 bridgehead atoms. The summed E-state index contributed by atoms with van der Waals surface area (Å²) >= 11 is 1.54. The van der Waals surface area contributed by atoms with E-state index in [0.717, 1.165) is 0 Å². The van der Waals surface area contributed by atoms with Crippen LogP contribution in [0.25, 0.3) is 0 Å². The number of hydrogen-bond acceptors (Lipinski definition) is 8. The summed E-state index contributed by atoms with van der Waals surface area (Å²) < 4.78 is 0. The fourth-order valence-electron chi connectivity index (χ4n) is 2.28. The maximum Gasteiger partial charge on any atom is 0.326 e. The smallest absolute Gasteiger partial charge is 0.326 e. The molecule has 12 heteroatoms. The number of carbonyl (C=O) groups is 4. The third kappa shape index (κ3) is 11.0. The zero-order valence-electron chi connectivity index (χ0n) is 16.8. The third-order valence-electron chi connectivity index (χ3n) is 4.10. The molecule has 0 aromatic heterocycles. The average molecular weight is 436 g/mol. The molecule has 0 aromatic rings. The van der Waals surface area contributed by atoms with Crippen LogP contribution in [0.2, 0.25) is 0 Å². The van der Waals surface area contributed by atoms with E-state index in [1.54, 1.807) is 11.8 Å². The molecule has 0 aliphatic heterocycles. The van der Waals surface area contributed by atoms with Crippen LogP contribution in [0.4, 0.5) is 0 Å². The van der Waals surface area contributed by atoms with Gasteiger partial charge in [0.25, 0.3) is 0 Å². The minimum Gasteiger partial charge on any atom is -0.480 e. The van der Waals surface area contributed by atoms with Crippen LogP contribution < -0.4 is 27.4 Å². The minimum absolute atomic E-state index is 0.171. The van der Waals surface area contributed by atoms with E-state index in [0.29, 0.717) is 31.6 Å². The molecule has 11 nitrogen and oxygen atoms in total. The lowest BCUT2D eigenvalue weighted by atomic mass is 10.1. The van der Waals surface area contributed by atoms with E-state index in [-0.39, 0.29) is 6.42 Å². The number of carbonyl (C=O) groups excluding carboxylic acids is 3. The molecule has 0 aliphatic rings. The highest BCUT2D eigenvalue weighted by atomic mass is 32.2. The predicted molar refractivity (Wildman–Crippen MR) is 110 cm³/mol. The van der Waals surface area contributed by atoms with Crippen molar-refractivity contribution in [3.63, 3.8) is 0 Å². The van der Waals surface area contributed by atoms with E-state index in [9.17, 15) is 29.4 Å². The van der Waals surface area contributed by atoms with E-state index < -0.39 is 54.5 Å². The first-order valence-corrected chi connectivity index (χ1v) is 10.8. The van der Waals surface area contributed by atoms with Crippen molar-refractivity contribution in [1.82, 2.24) is 16.0 Å². The lowest BCUT2D eigenvalue weighted by Crippen LogP contribution is -2.57. The van der Waals surface area contributed by atoms with Crippen molar-refractivity contribution >= 4 is 35.5 Å². The van der Waals surface area contributed by atoms with Gasteiger partial charge in [0.15, 0.2) is 0 Å². The van der Waals surface area contributed by atoms with Crippen molar-refractivity contribution in [2.75, 3.05) is 25.2 Å². The topological polar surface area (TPSA) is 197 Å². The summed E-state index contributed by atoms with van der Waals surface area (Å²) in [6.45, 7) is 1.08. The van der Waals surface area contributed by atoms with Gasteiger partial charge in [0.2, 0.25) is 17.7 Å². The second kappa shape index (κ2) is 15.0. The number of unbranched alkanes of at least 4 members (excludes halogenated alkanes) is 1. The molecule has 0 heterocycles. The summed E-state index contributed by atoms with van der Waals surface area (Å²) in [5.41, 5.74) is 11.1. The number of nitrogens with two attached hydrogens (primary N) is 2. The van der Waals surface area contributed by atoms with Crippen molar-refractivity contribution in [3.8, 4) is 0 Å². The quantitative estimate of drug-likeness (QED) is 0.139. The van der Waals surface area contributed by atoms with Crippen LogP contribution in [-0.4, -0.2) is 83.2 Å². The Morgan fingerprint density at radius 1 is 0.966 bits per heavy atom. The molecule has 0 aliphatic carbocycles. The van der Waals surface area contributed by atoms with Crippen molar-refractivity contribution in [2.24, 2.45) is 11.5 Å². The van der Waals surface area contributed by atoms with Gasteiger partial charge in [-0.15, -0.1) is 0 Å². The fraction of sp³-hybridized carbons (Fsp3) is 0.765. The SMILES string of the molecule is CSCCC(N)C(=O)NC(C)C(=O)NC(CO)C(=O)NC(CCCCN)C(=O)O. The number of carboxylic acids is 1. The summed E-state index contributed by atoms with van der Waals surface area (Å²) in [6.07, 6.45) is 3.61. The molecule has 0 radical (unpaired) electrons.